The number of nitro groups is 1. The van der Waals surface area contributed by atoms with Crippen molar-refractivity contribution >= 4 is 50.9 Å². The third kappa shape index (κ3) is 5.55. The maximum Gasteiger partial charge on any atom is 0.326 e. The van der Waals surface area contributed by atoms with Crippen LogP contribution in [0.3, 0.4) is 0 Å². The molecule has 2 aromatic carbocycles. The summed E-state index contributed by atoms with van der Waals surface area (Å²) in [6.07, 6.45) is 0.230. The molecule has 0 saturated heterocycles. The van der Waals surface area contributed by atoms with Crippen molar-refractivity contribution in [1.82, 2.24) is 4.57 Å². The summed E-state index contributed by atoms with van der Waals surface area (Å²) in [5.41, 5.74) is 0.521. The molecule has 0 atom stereocenters. The van der Waals surface area contributed by atoms with Crippen LogP contribution in [0.1, 0.15) is 13.3 Å². The van der Waals surface area contributed by atoms with Gasteiger partial charge in [0.25, 0.3) is 5.69 Å². The minimum atomic E-state index is -0.488. The predicted octanol–water partition coefficient (Wildman–Crippen LogP) is 3.78. The van der Waals surface area contributed by atoms with Crippen LogP contribution in [0, 0.1) is 10.1 Å². The Labute approximate surface area is 180 Å². The molecule has 1 amide bonds. The Hall–Kier alpha value is -2.98. The zero-order valence-corrected chi connectivity index (χ0v) is 17.8. The van der Waals surface area contributed by atoms with Gasteiger partial charge in [-0.1, -0.05) is 29.5 Å². The summed E-state index contributed by atoms with van der Waals surface area (Å²) in [6.45, 7) is 1.81. The van der Waals surface area contributed by atoms with E-state index in [0.717, 1.165) is 16.2 Å². The van der Waals surface area contributed by atoms with Crippen LogP contribution in [0.25, 0.3) is 10.2 Å². The van der Waals surface area contributed by atoms with Crippen molar-refractivity contribution in [2.45, 2.75) is 24.8 Å². The number of ether oxygens (including phenoxy) is 1. The first kappa shape index (κ1) is 21.7. The van der Waals surface area contributed by atoms with Crippen molar-refractivity contribution in [2.75, 3.05) is 12.4 Å². The third-order valence-corrected chi connectivity index (χ3v) is 6.07. The smallest absolute Gasteiger partial charge is 0.326 e. The summed E-state index contributed by atoms with van der Waals surface area (Å²) in [6, 6.07) is 14.1. The van der Waals surface area contributed by atoms with Crippen LogP contribution in [-0.4, -0.2) is 33.7 Å². The van der Waals surface area contributed by atoms with E-state index in [2.05, 4.69) is 4.99 Å². The fourth-order valence-electron chi connectivity index (χ4n) is 2.68. The van der Waals surface area contributed by atoms with E-state index in [4.69, 9.17) is 4.74 Å². The van der Waals surface area contributed by atoms with Gasteiger partial charge in [-0.15, -0.1) is 11.8 Å². The first-order valence-corrected chi connectivity index (χ1v) is 11.0. The van der Waals surface area contributed by atoms with E-state index in [0.29, 0.717) is 20.8 Å². The number of carbonyl (C=O) groups is 2. The summed E-state index contributed by atoms with van der Waals surface area (Å²) >= 11 is 2.69. The first-order valence-electron chi connectivity index (χ1n) is 9.16. The van der Waals surface area contributed by atoms with E-state index in [1.54, 1.807) is 29.3 Å². The molecule has 0 bridgehead atoms. The standard InChI is InChI=1S/C20H19N3O5S2/c1-2-28-19(25)13-22-16-9-8-14(23(26)27)12-17(16)30-20(22)21-18(24)10-11-29-15-6-4-3-5-7-15/h3-9,12H,2,10-11,13H2,1H3. The number of carbonyl (C=O) groups excluding carboxylic acids is 2. The molecule has 8 nitrogen and oxygen atoms in total. The zero-order chi connectivity index (χ0) is 21.5. The van der Waals surface area contributed by atoms with Crippen LogP contribution in [0.15, 0.2) is 58.4 Å². The number of esters is 1. The number of thiazole rings is 1. The molecule has 3 aromatic rings. The quantitative estimate of drug-likeness (QED) is 0.226. The predicted molar refractivity (Wildman–Crippen MR) is 115 cm³/mol. The van der Waals surface area contributed by atoms with Gasteiger partial charge in [0, 0.05) is 29.2 Å². The fraction of sp³-hybridized carbons (Fsp3) is 0.250. The Balaban J connectivity index is 1.86. The number of aromatic nitrogens is 1. The SMILES string of the molecule is CCOC(=O)Cn1c(=NC(=O)CCSc2ccccc2)sc2cc([N+](=O)[O-])ccc21. The molecule has 156 valence electrons. The van der Waals surface area contributed by atoms with Crippen LogP contribution in [0.2, 0.25) is 0 Å². The van der Waals surface area contributed by atoms with Gasteiger partial charge >= 0.3 is 5.97 Å². The van der Waals surface area contributed by atoms with Crippen LogP contribution >= 0.6 is 23.1 Å². The Morgan fingerprint density at radius 3 is 2.70 bits per heavy atom. The first-order chi connectivity index (χ1) is 14.5. The molecule has 0 aliphatic rings. The largest absolute Gasteiger partial charge is 0.465 e. The Bertz CT molecular complexity index is 1140. The minimum Gasteiger partial charge on any atom is -0.465 e. The average molecular weight is 446 g/mol. The van der Waals surface area contributed by atoms with Gasteiger partial charge in [-0.2, -0.15) is 4.99 Å². The number of non-ortho nitro benzene ring substituents is 1. The molecule has 0 radical (unpaired) electrons. The number of amides is 1. The van der Waals surface area contributed by atoms with E-state index >= 15 is 0 Å². The van der Waals surface area contributed by atoms with Gasteiger partial charge in [-0.05, 0) is 25.1 Å². The number of fused-ring (bicyclic) bond motifs is 1. The number of hydrogen-bond acceptors (Lipinski definition) is 7. The summed E-state index contributed by atoms with van der Waals surface area (Å²) in [7, 11) is 0. The number of hydrogen-bond donors (Lipinski definition) is 0. The normalized spacial score (nSPS) is 11.6. The number of nitro benzene ring substituents is 1. The van der Waals surface area contributed by atoms with Gasteiger partial charge in [-0.3, -0.25) is 19.7 Å². The average Bonchev–Trinajstić information content (AvgIpc) is 3.05. The molecular weight excluding hydrogens is 426 g/mol. The topological polar surface area (TPSA) is 104 Å². The monoisotopic (exact) mass is 445 g/mol. The number of benzene rings is 2. The van der Waals surface area contributed by atoms with Crippen molar-refractivity contribution in [3.63, 3.8) is 0 Å². The van der Waals surface area contributed by atoms with Gasteiger partial charge in [0.15, 0.2) is 4.80 Å². The molecule has 1 aromatic heterocycles. The van der Waals surface area contributed by atoms with Gasteiger partial charge in [0.05, 0.1) is 21.7 Å². The highest BCUT2D eigenvalue weighted by atomic mass is 32.2. The van der Waals surface area contributed by atoms with Crippen LogP contribution < -0.4 is 4.80 Å². The second-order valence-electron chi connectivity index (χ2n) is 6.10. The zero-order valence-electron chi connectivity index (χ0n) is 16.1. The Morgan fingerprint density at radius 2 is 2.00 bits per heavy atom. The fourth-order valence-corrected chi connectivity index (χ4v) is 4.63. The highest BCUT2D eigenvalue weighted by Crippen LogP contribution is 2.23. The molecule has 0 fully saturated rings. The number of rotatable bonds is 8. The third-order valence-electron chi connectivity index (χ3n) is 4.02. The molecule has 0 unspecified atom stereocenters. The molecule has 10 heteroatoms. The summed E-state index contributed by atoms with van der Waals surface area (Å²) in [5, 5.41) is 11.1. The van der Waals surface area contributed by atoms with Crippen molar-refractivity contribution < 1.29 is 19.2 Å². The van der Waals surface area contributed by atoms with Gasteiger partial charge < -0.3 is 9.30 Å². The van der Waals surface area contributed by atoms with Crippen molar-refractivity contribution in [2.24, 2.45) is 4.99 Å². The molecular formula is C20H19N3O5S2. The lowest BCUT2D eigenvalue weighted by atomic mass is 10.3. The highest BCUT2D eigenvalue weighted by Gasteiger charge is 2.15. The number of thioether (sulfide) groups is 1. The molecule has 0 N–H and O–H groups in total. The second kappa shape index (κ2) is 10.2. The lowest BCUT2D eigenvalue weighted by molar-refractivity contribution is -0.384. The highest BCUT2D eigenvalue weighted by molar-refractivity contribution is 7.99. The van der Waals surface area contributed by atoms with Crippen LogP contribution in [0.4, 0.5) is 5.69 Å². The molecule has 1 heterocycles. The summed E-state index contributed by atoms with van der Waals surface area (Å²) < 4.78 is 7.13. The molecule has 0 aliphatic heterocycles. The molecule has 0 saturated carbocycles. The van der Waals surface area contributed by atoms with Crippen LogP contribution in [-0.2, 0) is 20.9 Å². The lowest BCUT2D eigenvalue weighted by Gasteiger charge is -2.05. The van der Waals surface area contributed by atoms with E-state index in [-0.39, 0.29) is 31.2 Å². The molecule has 0 aliphatic carbocycles. The van der Waals surface area contributed by atoms with Crippen molar-refractivity contribution in [1.29, 1.82) is 0 Å². The summed E-state index contributed by atoms with van der Waals surface area (Å²) in [4.78, 5) is 40.5. The Morgan fingerprint density at radius 1 is 1.23 bits per heavy atom. The lowest BCUT2D eigenvalue weighted by Crippen LogP contribution is -2.23. The van der Waals surface area contributed by atoms with Crippen molar-refractivity contribution in [3.8, 4) is 0 Å². The maximum atomic E-state index is 12.4. The Kier molecular flexibility index (Phi) is 7.36. The van der Waals surface area contributed by atoms with E-state index in [1.807, 2.05) is 30.3 Å². The van der Waals surface area contributed by atoms with Crippen LogP contribution in [0.5, 0.6) is 0 Å². The number of nitrogens with zero attached hydrogens (tertiary/aromatic N) is 3. The van der Waals surface area contributed by atoms with Crippen molar-refractivity contribution in [3.05, 3.63) is 63.4 Å². The molecule has 30 heavy (non-hydrogen) atoms. The van der Waals surface area contributed by atoms with Gasteiger partial charge in [0.1, 0.15) is 6.54 Å². The summed E-state index contributed by atoms with van der Waals surface area (Å²) in [5.74, 6) is -0.221. The van der Waals surface area contributed by atoms with Gasteiger partial charge in [-0.25, -0.2) is 0 Å². The van der Waals surface area contributed by atoms with Gasteiger partial charge in [0.2, 0.25) is 5.91 Å². The van der Waals surface area contributed by atoms with E-state index in [1.165, 1.54) is 12.1 Å². The van der Waals surface area contributed by atoms with E-state index in [9.17, 15) is 19.7 Å². The molecule has 0 spiro atoms. The molecule has 3 rings (SSSR count). The second-order valence-corrected chi connectivity index (χ2v) is 8.28. The minimum absolute atomic E-state index is 0.0656. The van der Waals surface area contributed by atoms with E-state index < -0.39 is 10.9 Å². The maximum absolute atomic E-state index is 12.4.